The van der Waals surface area contributed by atoms with E-state index in [9.17, 15) is 9.59 Å². The Kier molecular flexibility index (Phi) is 5.08. The van der Waals surface area contributed by atoms with Crippen LogP contribution in [0.1, 0.15) is 10.5 Å². The second kappa shape index (κ2) is 6.10. The number of halogens is 2. The fraction of sp³-hybridized carbons (Fsp3) is 0.300. The Labute approximate surface area is 110 Å². The van der Waals surface area contributed by atoms with Crippen molar-refractivity contribution in [3.8, 4) is 0 Å². The maximum atomic E-state index is 11.9. The number of ketones is 1. The Hall–Kier alpha value is -0.750. The summed E-state index contributed by atoms with van der Waals surface area (Å²) < 4.78 is 5.32. The molecule has 0 bridgehead atoms. The van der Waals surface area contributed by atoms with Gasteiger partial charge >= 0.3 is 5.97 Å². The number of nitrogens with zero attached hydrogens (tertiary/aromatic N) is 1. The van der Waals surface area contributed by atoms with E-state index >= 15 is 0 Å². The van der Waals surface area contributed by atoms with Crippen LogP contribution in [0.2, 0.25) is 0 Å². The molecule has 0 N–H and O–H groups in total. The van der Waals surface area contributed by atoms with Gasteiger partial charge in [-0.05, 0) is 28.1 Å². The SMILES string of the molecule is COC(=O)C(CBr)C(=O)c1ccc(Br)cn1. The lowest BCUT2D eigenvalue weighted by molar-refractivity contribution is -0.142. The lowest BCUT2D eigenvalue weighted by atomic mass is 10.0. The number of carbonyl (C=O) groups is 2. The van der Waals surface area contributed by atoms with Gasteiger partial charge in [0.25, 0.3) is 0 Å². The van der Waals surface area contributed by atoms with Crippen molar-refractivity contribution >= 4 is 43.6 Å². The van der Waals surface area contributed by atoms with Crippen LogP contribution in [0.5, 0.6) is 0 Å². The number of hydrogen-bond donors (Lipinski definition) is 0. The first kappa shape index (κ1) is 13.3. The molecule has 86 valence electrons. The van der Waals surface area contributed by atoms with Gasteiger partial charge in [-0.2, -0.15) is 0 Å². The maximum absolute atomic E-state index is 11.9. The first-order valence-corrected chi connectivity index (χ1v) is 6.31. The zero-order chi connectivity index (χ0) is 12.1. The third-order valence-corrected chi connectivity index (χ3v) is 3.05. The largest absolute Gasteiger partial charge is 0.468 e. The van der Waals surface area contributed by atoms with Gasteiger partial charge < -0.3 is 4.74 Å². The zero-order valence-electron chi connectivity index (χ0n) is 8.44. The lowest BCUT2D eigenvalue weighted by Crippen LogP contribution is -2.27. The summed E-state index contributed by atoms with van der Waals surface area (Å²) in [5.41, 5.74) is 0.248. The van der Waals surface area contributed by atoms with Crippen molar-refractivity contribution in [1.82, 2.24) is 4.98 Å². The van der Waals surface area contributed by atoms with E-state index in [4.69, 9.17) is 0 Å². The summed E-state index contributed by atoms with van der Waals surface area (Å²) in [6, 6.07) is 3.26. The molecular formula is C10H9Br2NO3. The van der Waals surface area contributed by atoms with Gasteiger partial charge in [0, 0.05) is 16.0 Å². The number of rotatable bonds is 4. The summed E-state index contributed by atoms with van der Waals surface area (Å²) >= 11 is 6.33. The van der Waals surface area contributed by atoms with E-state index in [2.05, 4.69) is 41.6 Å². The van der Waals surface area contributed by atoms with Gasteiger partial charge in [0.05, 0.1) is 7.11 Å². The highest BCUT2D eigenvalue weighted by molar-refractivity contribution is 9.10. The van der Waals surface area contributed by atoms with Crippen LogP contribution >= 0.6 is 31.9 Å². The molecule has 1 aromatic rings. The fourth-order valence-electron chi connectivity index (χ4n) is 1.08. The summed E-state index contributed by atoms with van der Waals surface area (Å²) in [6.45, 7) is 0. The number of aromatic nitrogens is 1. The molecular weight excluding hydrogens is 342 g/mol. The lowest BCUT2D eigenvalue weighted by Gasteiger charge is -2.09. The van der Waals surface area contributed by atoms with Gasteiger partial charge in [-0.1, -0.05) is 15.9 Å². The normalized spacial score (nSPS) is 11.9. The molecule has 0 aliphatic carbocycles. The number of hydrogen-bond acceptors (Lipinski definition) is 4. The number of Topliss-reactive ketones (excluding diaryl/α,β-unsaturated/α-hetero) is 1. The molecule has 1 heterocycles. The van der Waals surface area contributed by atoms with Gasteiger partial charge in [-0.3, -0.25) is 14.6 Å². The number of alkyl halides is 1. The number of carbonyl (C=O) groups excluding carboxylic acids is 2. The highest BCUT2D eigenvalue weighted by Gasteiger charge is 2.28. The third-order valence-electron chi connectivity index (χ3n) is 1.94. The molecule has 0 spiro atoms. The smallest absolute Gasteiger partial charge is 0.317 e. The molecule has 1 atom stereocenters. The molecule has 4 nitrogen and oxygen atoms in total. The van der Waals surface area contributed by atoms with Crippen LogP contribution in [0.25, 0.3) is 0 Å². The minimum Gasteiger partial charge on any atom is -0.468 e. The van der Waals surface area contributed by atoms with Crippen LogP contribution in [0, 0.1) is 5.92 Å². The van der Waals surface area contributed by atoms with Gasteiger partial charge in [-0.25, -0.2) is 0 Å². The second-order valence-electron chi connectivity index (χ2n) is 2.96. The van der Waals surface area contributed by atoms with E-state index in [1.165, 1.54) is 13.3 Å². The summed E-state index contributed by atoms with van der Waals surface area (Å²) in [5, 5.41) is 0.219. The second-order valence-corrected chi connectivity index (χ2v) is 4.52. The molecule has 0 saturated heterocycles. The average Bonchev–Trinajstić information content (AvgIpc) is 2.30. The van der Waals surface area contributed by atoms with Crippen LogP contribution in [0.15, 0.2) is 22.8 Å². The van der Waals surface area contributed by atoms with E-state index < -0.39 is 11.9 Å². The molecule has 0 aliphatic rings. The monoisotopic (exact) mass is 349 g/mol. The molecule has 1 unspecified atom stereocenters. The average molecular weight is 351 g/mol. The topological polar surface area (TPSA) is 56.3 Å². The van der Waals surface area contributed by atoms with Crippen molar-refractivity contribution in [3.05, 3.63) is 28.5 Å². The first-order valence-electron chi connectivity index (χ1n) is 4.39. The molecule has 0 amide bonds. The van der Waals surface area contributed by atoms with Gasteiger partial charge in [0.2, 0.25) is 0 Å². The maximum Gasteiger partial charge on any atom is 0.317 e. The Bertz CT molecular complexity index is 392. The van der Waals surface area contributed by atoms with Crippen LogP contribution in [-0.2, 0) is 9.53 Å². The van der Waals surface area contributed by atoms with Crippen molar-refractivity contribution in [2.45, 2.75) is 0 Å². The van der Waals surface area contributed by atoms with Crippen LogP contribution in [-0.4, -0.2) is 29.2 Å². The Morgan fingerprint density at radius 3 is 2.62 bits per heavy atom. The first-order chi connectivity index (χ1) is 7.60. The highest BCUT2D eigenvalue weighted by atomic mass is 79.9. The molecule has 1 rings (SSSR count). The number of pyridine rings is 1. The van der Waals surface area contributed by atoms with Crippen molar-refractivity contribution in [2.75, 3.05) is 12.4 Å². The van der Waals surface area contributed by atoms with Crippen molar-refractivity contribution in [1.29, 1.82) is 0 Å². The predicted molar refractivity (Wildman–Crippen MR) is 65.6 cm³/mol. The molecule has 0 aromatic carbocycles. The molecule has 0 fully saturated rings. The predicted octanol–water partition coefficient (Wildman–Crippen LogP) is 2.21. The Morgan fingerprint density at radius 2 is 2.19 bits per heavy atom. The van der Waals surface area contributed by atoms with E-state index in [1.54, 1.807) is 12.1 Å². The quantitative estimate of drug-likeness (QED) is 0.361. The van der Waals surface area contributed by atoms with E-state index in [0.29, 0.717) is 0 Å². The highest BCUT2D eigenvalue weighted by Crippen LogP contribution is 2.14. The van der Waals surface area contributed by atoms with Gasteiger partial charge in [0.15, 0.2) is 5.78 Å². The minimum absolute atomic E-state index is 0.219. The Balaban J connectivity index is 2.91. The molecule has 0 aliphatic heterocycles. The minimum atomic E-state index is -0.848. The number of esters is 1. The molecule has 6 heteroatoms. The van der Waals surface area contributed by atoms with Gasteiger partial charge in [-0.15, -0.1) is 0 Å². The summed E-state index contributed by atoms with van der Waals surface area (Å²) in [6.07, 6.45) is 1.51. The summed E-state index contributed by atoms with van der Waals surface area (Å²) in [7, 11) is 1.25. The zero-order valence-corrected chi connectivity index (χ0v) is 11.6. The Morgan fingerprint density at radius 1 is 1.50 bits per heavy atom. The van der Waals surface area contributed by atoms with Crippen molar-refractivity contribution in [3.63, 3.8) is 0 Å². The van der Waals surface area contributed by atoms with E-state index in [0.717, 1.165) is 4.47 Å². The molecule has 1 aromatic heterocycles. The third kappa shape index (κ3) is 3.12. The summed E-state index contributed by atoms with van der Waals surface area (Å²) in [4.78, 5) is 27.1. The number of ether oxygens (including phenoxy) is 1. The van der Waals surface area contributed by atoms with Crippen LogP contribution < -0.4 is 0 Å². The summed E-state index contributed by atoms with van der Waals surface area (Å²) in [5.74, 6) is -1.76. The fourth-order valence-corrected chi connectivity index (χ4v) is 1.88. The van der Waals surface area contributed by atoms with Gasteiger partial charge in [0.1, 0.15) is 11.6 Å². The van der Waals surface area contributed by atoms with Crippen molar-refractivity contribution in [2.24, 2.45) is 5.92 Å². The standard InChI is InChI=1S/C10H9Br2NO3/c1-16-10(15)7(4-11)9(14)8-3-2-6(12)5-13-8/h2-3,5,7H,4H2,1H3. The molecule has 16 heavy (non-hydrogen) atoms. The van der Waals surface area contributed by atoms with Crippen LogP contribution in [0.4, 0.5) is 0 Å². The van der Waals surface area contributed by atoms with Crippen molar-refractivity contribution < 1.29 is 14.3 Å². The number of methoxy groups -OCH3 is 1. The van der Waals surface area contributed by atoms with E-state index in [-0.39, 0.29) is 16.8 Å². The van der Waals surface area contributed by atoms with Crippen LogP contribution in [0.3, 0.4) is 0 Å². The molecule has 0 radical (unpaired) electrons. The van der Waals surface area contributed by atoms with E-state index in [1.807, 2.05) is 0 Å². The molecule has 0 saturated carbocycles.